The molecule has 1 N–H and O–H groups in total. The van der Waals surface area contributed by atoms with Crippen molar-refractivity contribution in [2.24, 2.45) is 5.92 Å². The zero-order valence-electron chi connectivity index (χ0n) is 8.49. The van der Waals surface area contributed by atoms with E-state index in [2.05, 4.69) is 4.74 Å². The number of halogens is 2. The first-order valence-corrected chi connectivity index (χ1v) is 5.25. The molecule has 88 valence electrons. The van der Waals surface area contributed by atoms with Crippen LogP contribution >= 0.6 is 0 Å². The molecule has 0 aliphatic heterocycles. The van der Waals surface area contributed by atoms with E-state index >= 15 is 0 Å². The predicted molar refractivity (Wildman–Crippen MR) is 49.7 cm³/mol. The highest BCUT2D eigenvalue weighted by Crippen LogP contribution is 2.31. The summed E-state index contributed by atoms with van der Waals surface area (Å²) in [6, 6.07) is 0. The topological polar surface area (TPSA) is 46.5 Å². The van der Waals surface area contributed by atoms with E-state index < -0.39 is 18.7 Å². The standard InChI is InChI=1S/C10H16F2O3/c11-10(12)15-8-4-2-1-3-7(8)5-6-9(13)14/h7-8,10H,1-6H2,(H,13,14). The van der Waals surface area contributed by atoms with Crippen LogP contribution in [0.2, 0.25) is 0 Å². The molecule has 1 fully saturated rings. The fraction of sp³-hybridized carbons (Fsp3) is 0.900. The van der Waals surface area contributed by atoms with E-state index in [1.165, 1.54) is 0 Å². The SMILES string of the molecule is O=C(O)CCC1CCCCC1OC(F)F. The summed E-state index contributed by atoms with van der Waals surface area (Å²) < 4.78 is 28.6. The van der Waals surface area contributed by atoms with E-state index in [9.17, 15) is 13.6 Å². The van der Waals surface area contributed by atoms with Crippen LogP contribution in [0.4, 0.5) is 8.78 Å². The summed E-state index contributed by atoms with van der Waals surface area (Å²) in [6.45, 7) is -2.75. The van der Waals surface area contributed by atoms with Crippen LogP contribution in [0.3, 0.4) is 0 Å². The molecule has 0 amide bonds. The zero-order valence-corrected chi connectivity index (χ0v) is 8.49. The number of carboxylic acid groups (broad SMARTS) is 1. The summed E-state index contributed by atoms with van der Waals surface area (Å²) in [4.78, 5) is 10.4. The summed E-state index contributed by atoms with van der Waals surface area (Å²) in [7, 11) is 0. The Morgan fingerprint density at radius 1 is 1.40 bits per heavy atom. The van der Waals surface area contributed by atoms with Gasteiger partial charge in [0.2, 0.25) is 0 Å². The van der Waals surface area contributed by atoms with Gasteiger partial charge in [-0.3, -0.25) is 4.79 Å². The van der Waals surface area contributed by atoms with Gasteiger partial charge in [0.05, 0.1) is 6.10 Å². The van der Waals surface area contributed by atoms with Crippen molar-refractivity contribution in [2.45, 2.75) is 51.2 Å². The van der Waals surface area contributed by atoms with E-state index in [0.29, 0.717) is 12.8 Å². The minimum atomic E-state index is -2.75. The lowest BCUT2D eigenvalue weighted by Crippen LogP contribution is -2.29. The fourth-order valence-electron chi connectivity index (χ4n) is 2.12. The second-order valence-corrected chi connectivity index (χ2v) is 3.91. The van der Waals surface area contributed by atoms with Gasteiger partial charge >= 0.3 is 12.6 Å². The molecule has 2 atom stereocenters. The van der Waals surface area contributed by atoms with Crippen molar-refractivity contribution in [1.82, 2.24) is 0 Å². The van der Waals surface area contributed by atoms with Crippen LogP contribution in [0, 0.1) is 5.92 Å². The molecule has 5 heteroatoms. The fourth-order valence-corrected chi connectivity index (χ4v) is 2.12. The van der Waals surface area contributed by atoms with E-state index in [-0.39, 0.29) is 12.3 Å². The van der Waals surface area contributed by atoms with Crippen molar-refractivity contribution in [3.63, 3.8) is 0 Å². The zero-order chi connectivity index (χ0) is 11.3. The molecule has 0 saturated heterocycles. The first-order chi connectivity index (χ1) is 7.09. The summed E-state index contributed by atoms with van der Waals surface area (Å²) >= 11 is 0. The van der Waals surface area contributed by atoms with Gasteiger partial charge < -0.3 is 9.84 Å². The maximum Gasteiger partial charge on any atom is 0.345 e. The summed E-state index contributed by atoms with van der Waals surface area (Å²) in [5, 5.41) is 8.52. The molecule has 0 heterocycles. The van der Waals surface area contributed by atoms with E-state index in [4.69, 9.17) is 5.11 Å². The quantitative estimate of drug-likeness (QED) is 0.777. The molecule has 2 unspecified atom stereocenters. The highest BCUT2D eigenvalue weighted by atomic mass is 19.3. The summed E-state index contributed by atoms with van der Waals surface area (Å²) in [6.07, 6.45) is 3.30. The van der Waals surface area contributed by atoms with Crippen molar-refractivity contribution in [3.05, 3.63) is 0 Å². The number of hydrogen-bond donors (Lipinski definition) is 1. The third-order valence-corrected chi connectivity index (χ3v) is 2.85. The maximum atomic E-state index is 12.1. The van der Waals surface area contributed by atoms with Crippen LogP contribution in [0.1, 0.15) is 38.5 Å². The number of carbonyl (C=O) groups is 1. The van der Waals surface area contributed by atoms with Crippen molar-refractivity contribution >= 4 is 5.97 Å². The molecule has 0 aromatic rings. The van der Waals surface area contributed by atoms with Crippen molar-refractivity contribution in [1.29, 1.82) is 0 Å². The number of rotatable bonds is 5. The Morgan fingerprint density at radius 2 is 2.07 bits per heavy atom. The van der Waals surface area contributed by atoms with Crippen LogP contribution in [0.15, 0.2) is 0 Å². The molecule has 1 rings (SSSR count). The molecule has 1 saturated carbocycles. The molecule has 0 aromatic heterocycles. The van der Waals surface area contributed by atoms with Crippen LogP contribution in [0.5, 0.6) is 0 Å². The van der Waals surface area contributed by atoms with Crippen molar-refractivity contribution < 1.29 is 23.4 Å². The Balaban J connectivity index is 2.38. The highest BCUT2D eigenvalue weighted by molar-refractivity contribution is 5.66. The van der Waals surface area contributed by atoms with Gasteiger partial charge in [0, 0.05) is 6.42 Å². The molecule has 0 spiro atoms. The number of alkyl halides is 2. The smallest absolute Gasteiger partial charge is 0.345 e. The predicted octanol–water partition coefficient (Wildman–Crippen LogP) is 2.65. The second kappa shape index (κ2) is 6.00. The summed E-state index contributed by atoms with van der Waals surface area (Å²) in [5.74, 6) is -0.903. The monoisotopic (exact) mass is 222 g/mol. The lowest BCUT2D eigenvalue weighted by molar-refractivity contribution is -0.184. The molecule has 3 nitrogen and oxygen atoms in total. The molecule has 0 aromatic carbocycles. The highest BCUT2D eigenvalue weighted by Gasteiger charge is 2.28. The average molecular weight is 222 g/mol. The van der Waals surface area contributed by atoms with E-state index in [1.54, 1.807) is 0 Å². The number of carboxylic acids is 1. The molecule has 0 bridgehead atoms. The third kappa shape index (κ3) is 4.55. The van der Waals surface area contributed by atoms with Gasteiger partial charge in [-0.1, -0.05) is 12.8 Å². The Hall–Kier alpha value is -0.710. The van der Waals surface area contributed by atoms with E-state index in [0.717, 1.165) is 19.3 Å². The van der Waals surface area contributed by atoms with Crippen LogP contribution < -0.4 is 0 Å². The van der Waals surface area contributed by atoms with Gasteiger partial charge in [-0.15, -0.1) is 0 Å². The number of hydrogen-bond acceptors (Lipinski definition) is 2. The number of aliphatic carboxylic acids is 1. The van der Waals surface area contributed by atoms with Gasteiger partial charge in [0.15, 0.2) is 0 Å². The molecular weight excluding hydrogens is 206 g/mol. The van der Waals surface area contributed by atoms with Crippen LogP contribution in [-0.2, 0) is 9.53 Å². The molecule has 15 heavy (non-hydrogen) atoms. The van der Waals surface area contributed by atoms with Crippen LogP contribution in [0.25, 0.3) is 0 Å². The van der Waals surface area contributed by atoms with Crippen molar-refractivity contribution in [2.75, 3.05) is 0 Å². The Morgan fingerprint density at radius 3 is 2.67 bits per heavy atom. The largest absolute Gasteiger partial charge is 0.481 e. The minimum Gasteiger partial charge on any atom is -0.481 e. The molecule has 0 radical (unpaired) electrons. The van der Waals surface area contributed by atoms with E-state index in [1.807, 2.05) is 0 Å². The Labute approximate surface area is 87.4 Å². The van der Waals surface area contributed by atoms with Crippen LogP contribution in [-0.4, -0.2) is 23.8 Å². The van der Waals surface area contributed by atoms with Gasteiger partial charge in [0.1, 0.15) is 0 Å². The molecular formula is C10H16F2O3. The Kier molecular flexibility index (Phi) is 4.94. The van der Waals surface area contributed by atoms with Crippen molar-refractivity contribution in [3.8, 4) is 0 Å². The lowest BCUT2D eigenvalue weighted by Gasteiger charge is -2.30. The average Bonchev–Trinajstić information content (AvgIpc) is 2.15. The van der Waals surface area contributed by atoms with Gasteiger partial charge in [-0.05, 0) is 25.2 Å². The van der Waals surface area contributed by atoms with Gasteiger partial charge in [-0.2, -0.15) is 8.78 Å². The molecule has 1 aliphatic carbocycles. The molecule has 1 aliphatic rings. The third-order valence-electron chi connectivity index (χ3n) is 2.85. The first-order valence-electron chi connectivity index (χ1n) is 5.25. The minimum absolute atomic E-state index is 0.0242. The van der Waals surface area contributed by atoms with Gasteiger partial charge in [0.25, 0.3) is 0 Å². The second-order valence-electron chi connectivity index (χ2n) is 3.91. The normalized spacial score (nSPS) is 26.9. The summed E-state index contributed by atoms with van der Waals surface area (Å²) in [5.41, 5.74) is 0. The lowest BCUT2D eigenvalue weighted by atomic mass is 9.83. The number of ether oxygens (including phenoxy) is 1. The maximum absolute atomic E-state index is 12.1. The Bertz CT molecular complexity index is 209. The van der Waals surface area contributed by atoms with Gasteiger partial charge in [-0.25, -0.2) is 0 Å². The first kappa shape index (κ1) is 12.4.